The summed E-state index contributed by atoms with van der Waals surface area (Å²) < 4.78 is 0. The van der Waals surface area contributed by atoms with Crippen molar-refractivity contribution in [1.29, 1.82) is 0 Å². The van der Waals surface area contributed by atoms with E-state index in [1.807, 2.05) is 18.3 Å². The highest BCUT2D eigenvalue weighted by Gasteiger charge is 2.20. The van der Waals surface area contributed by atoms with Crippen LogP contribution in [0.25, 0.3) is 10.9 Å². The fourth-order valence-corrected chi connectivity index (χ4v) is 2.81. The number of para-hydroxylation sites is 1. The van der Waals surface area contributed by atoms with Crippen molar-refractivity contribution < 1.29 is 0 Å². The largest absolute Gasteiger partial charge is 0.314 e. The Morgan fingerprint density at radius 3 is 2.79 bits per heavy atom. The van der Waals surface area contributed by atoms with Crippen LogP contribution >= 0.6 is 0 Å². The van der Waals surface area contributed by atoms with E-state index in [-0.39, 0.29) is 6.04 Å². The van der Waals surface area contributed by atoms with Crippen molar-refractivity contribution in [2.45, 2.75) is 6.04 Å². The smallest absolute Gasteiger partial charge is 0.0705 e. The zero-order chi connectivity index (χ0) is 13.1. The molecule has 0 spiro atoms. The molecule has 0 saturated carbocycles. The number of rotatable bonds is 3. The Kier molecular flexibility index (Phi) is 3.58. The lowest BCUT2D eigenvalue weighted by Gasteiger charge is -2.33. The molecule has 1 aliphatic rings. The van der Waals surface area contributed by atoms with Gasteiger partial charge in [-0.3, -0.25) is 9.88 Å². The molecule has 3 rings (SSSR count). The van der Waals surface area contributed by atoms with Gasteiger partial charge in [-0.2, -0.15) is 0 Å². The van der Waals surface area contributed by atoms with Gasteiger partial charge in [0.2, 0.25) is 0 Å². The van der Waals surface area contributed by atoms with Crippen LogP contribution in [0.1, 0.15) is 11.6 Å². The van der Waals surface area contributed by atoms with Crippen LogP contribution in [-0.4, -0.2) is 36.1 Å². The van der Waals surface area contributed by atoms with Gasteiger partial charge in [-0.1, -0.05) is 24.3 Å². The topological polar surface area (TPSA) is 28.2 Å². The quantitative estimate of drug-likeness (QED) is 0.851. The number of nitrogens with one attached hydrogen (secondary N) is 1. The van der Waals surface area contributed by atoms with Gasteiger partial charge in [-0.25, -0.2) is 0 Å². The van der Waals surface area contributed by atoms with Crippen LogP contribution in [0, 0.1) is 0 Å². The van der Waals surface area contributed by atoms with Crippen LogP contribution in [0.5, 0.6) is 0 Å². The molecule has 2 heterocycles. The fraction of sp³-hybridized carbons (Fsp3) is 0.312. The van der Waals surface area contributed by atoms with Gasteiger partial charge in [0, 0.05) is 37.8 Å². The minimum absolute atomic E-state index is 0.273. The molecule has 2 aromatic rings. The van der Waals surface area contributed by atoms with Crippen LogP contribution in [-0.2, 0) is 0 Å². The van der Waals surface area contributed by atoms with Gasteiger partial charge in [0.15, 0.2) is 0 Å². The first-order chi connectivity index (χ1) is 9.40. The molecule has 0 amide bonds. The number of nitrogens with zero attached hydrogens (tertiary/aromatic N) is 2. The zero-order valence-corrected chi connectivity index (χ0v) is 11.0. The van der Waals surface area contributed by atoms with Crippen molar-refractivity contribution in [3.8, 4) is 0 Å². The average Bonchev–Trinajstić information content (AvgIpc) is 2.49. The third-order valence-electron chi connectivity index (χ3n) is 3.77. The molecule has 0 radical (unpaired) electrons. The van der Waals surface area contributed by atoms with E-state index in [0.29, 0.717) is 0 Å². The molecule has 19 heavy (non-hydrogen) atoms. The van der Waals surface area contributed by atoms with Crippen LogP contribution in [0.4, 0.5) is 0 Å². The van der Waals surface area contributed by atoms with E-state index in [1.54, 1.807) is 0 Å². The molecule has 0 unspecified atom stereocenters. The Labute approximate surface area is 114 Å². The van der Waals surface area contributed by atoms with E-state index < -0.39 is 0 Å². The first kappa shape index (κ1) is 12.3. The fourth-order valence-electron chi connectivity index (χ4n) is 2.81. The third kappa shape index (κ3) is 2.39. The lowest BCUT2D eigenvalue weighted by Crippen LogP contribution is -2.44. The molecule has 0 aliphatic carbocycles. The van der Waals surface area contributed by atoms with Gasteiger partial charge in [0.1, 0.15) is 0 Å². The van der Waals surface area contributed by atoms with Crippen molar-refractivity contribution in [3.63, 3.8) is 0 Å². The van der Waals surface area contributed by atoms with E-state index in [1.165, 1.54) is 10.9 Å². The standard InChI is InChI=1S/C16H19N3/c1-2-16(19-11-9-17-10-12-19)14-7-8-18-15-6-4-3-5-13(14)15/h2-8,16-17H,1,9-12H2/t16-/m1/s1. The van der Waals surface area contributed by atoms with Crippen molar-refractivity contribution in [3.05, 3.63) is 54.7 Å². The van der Waals surface area contributed by atoms with E-state index >= 15 is 0 Å². The Morgan fingerprint density at radius 2 is 2.00 bits per heavy atom. The van der Waals surface area contributed by atoms with Gasteiger partial charge >= 0.3 is 0 Å². The summed E-state index contributed by atoms with van der Waals surface area (Å²) in [4.78, 5) is 6.92. The van der Waals surface area contributed by atoms with Crippen LogP contribution in [0.2, 0.25) is 0 Å². The van der Waals surface area contributed by atoms with E-state index in [0.717, 1.165) is 31.7 Å². The summed E-state index contributed by atoms with van der Waals surface area (Å²) in [6.07, 6.45) is 3.95. The highest BCUT2D eigenvalue weighted by atomic mass is 15.2. The Morgan fingerprint density at radius 1 is 1.21 bits per heavy atom. The maximum atomic E-state index is 4.44. The van der Waals surface area contributed by atoms with E-state index in [4.69, 9.17) is 0 Å². The Bertz CT molecular complexity index is 568. The Balaban J connectivity index is 2.03. The second-order valence-corrected chi connectivity index (χ2v) is 4.88. The second kappa shape index (κ2) is 5.51. The molecule has 3 heteroatoms. The number of fused-ring (bicyclic) bond motifs is 1. The van der Waals surface area contributed by atoms with Crippen molar-refractivity contribution in [2.24, 2.45) is 0 Å². The maximum Gasteiger partial charge on any atom is 0.0705 e. The second-order valence-electron chi connectivity index (χ2n) is 4.88. The molecule has 1 fully saturated rings. The summed E-state index contributed by atoms with van der Waals surface area (Å²) in [5.41, 5.74) is 2.37. The van der Waals surface area contributed by atoms with Crippen molar-refractivity contribution in [1.82, 2.24) is 15.2 Å². The molecule has 1 aliphatic heterocycles. The van der Waals surface area contributed by atoms with Gasteiger partial charge in [0.05, 0.1) is 11.6 Å². The van der Waals surface area contributed by atoms with Gasteiger partial charge in [-0.15, -0.1) is 6.58 Å². The number of hydrogen-bond donors (Lipinski definition) is 1. The number of piperazine rings is 1. The molecule has 1 atom stereocenters. The van der Waals surface area contributed by atoms with Gasteiger partial charge < -0.3 is 5.32 Å². The molecular weight excluding hydrogens is 234 g/mol. The summed E-state index contributed by atoms with van der Waals surface area (Å²) in [6, 6.07) is 10.7. The van der Waals surface area contributed by atoms with Crippen LogP contribution < -0.4 is 5.32 Å². The van der Waals surface area contributed by atoms with Crippen LogP contribution in [0.15, 0.2) is 49.2 Å². The lowest BCUT2D eigenvalue weighted by molar-refractivity contribution is 0.204. The summed E-state index contributed by atoms with van der Waals surface area (Å²) in [5, 5.41) is 4.62. The zero-order valence-electron chi connectivity index (χ0n) is 11.0. The molecule has 1 saturated heterocycles. The van der Waals surface area contributed by atoms with E-state index in [9.17, 15) is 0 Å². The summed E-state index contributed by atoms with van der Waals surface area (Å²) in [6.45, 7) is 8.26. The number of benzene rings is 1. The highest BCUT2D eigenvalue weighted by Crippen LogP contribution is 2.28. The average molecular weight is 253 g/mol. The Hall–Kier alpha value is -1.71. The minimum Gasteiger partial charge on any atom is -0.314 e. The minimum atomic E-state index is 0.273. The number of pyridine rings is 1. The molecule has 1 aromatic carbocycles. The molecule has 98 valence electrons. The predicted octanol–water partition coefficient (Wildman–Crippen LogP) is 2.37. The summed E-state index contributed by atoms with van der Waals surface area (Å²) in [7, 11) is 0. The number of aromatic nitrogens is 1. The molecule has 1 aromatic heterocycles. The SMILES string of the molecule is C=C[C@H](c1ccnc2ccccc12)N1CCNCC1. The monoisotopic (exact) mass is 253 g/mol. The highest BCUT2D eigenvalue weighted by molar-refractivity contribution is 5.82. The van der Waals surface area contributed by atoms with Gasteiger partial charge in [-0.05, 0) is 17.7 Å². The summed E-state index contributed by atoms with van der Waals surface area (Å²) in [5.74, 6) is 0. The first-order valence-electron chi connectivity index (χ1n) is 6.81. The third-order valence-corrected chi connectivity index (χ3v) is 3.77. The molecule has 0 bridgehead atoms. The maximum absolute atomic E-state index is 4.44. The van der Waals surface area contributed by atoms with Crippen molar-refractivity contribution in [2.75, 3.05) is 26.2 Å². The normalized spacial score (nSPS) is 18.3. The molecule has 3 nitrogen and oxygen atoms in total. The number of hydrogen-bond acceptors (Lipinski definition) is 3. The summed E-state index contributed by atoms with van der Waals surface area (Å²) >= 11 is 0. The van der Waals surface area contributed by atoms with Gasteiger partial charge in [0.25, 0.3) is 0 Å². The van der Waals surface area contributed by atoms with Crippen molar-refractivity contribution >= 4 is 10.9 Å². The molecular formula is C16H19N3. The van der Waals surface area contributed by atoms with E-state index in [2.05, 4.69) is 46.0 Å². The first-order valence-corrected chi connectivity index (χ1v) is 6.81. The predicted molar refractivity (Wildman–Crippen MR) is 79.1 cm³/mol. The molecule has 1 N–H and O–H groups in total. The van der Waals surface area contributed by atoms with Crippen LogP contribution in [0.3, 0.4) is 0 Å². The lowest BCUT2D eigenvalue weighted by atomic mass is 10.0.